The molecule has 4 aliphatic rings. The molecule has 0 saturated heterocycles. The summed E-state index contributed by atoms with van der Waals surface area (Å²) in [6.07, 6.45) is 24.1. The summed E-state index contributed by atoms with van der Waals surface area (Å²) in [6.45, 7) is 9.46. The molecule has 4 fully saturated rings. The maximum Gasteiger partial charge on any atom is 0.328 e. The van der Waals surface area contributed by atoms with Gasteiger partial charge in [0.15, 0.2) is 0 Å². The zero-order valence-electron chi connectivity index (χ0n) is 35.8. The van der Waals surface area contributed by atoms with Crippen LogP contribution in [0.15, 0.2) is 40.1 Å². The van der Waals surface area contributed by atoms with Gasteiger partial charge in [-0.25, -0.2) is 9.78 Å². The molecule has 0 bridgehead atoms. The Morgan fingerprint density at radius 3 is 2.19 bits per heavy atom. The van der Waals surface area contributed by atoms with Crippen LogP contribution >= 0.6 is 0 Å². The Hall–Kier alpha value is -3.76. The number of amides is 2. The van der Waals surface area contributed by atoms with E-state index in [0.29, 0.717) is 54.1 Å². The van der Waals surface area contributed by atoms with Crippen LogP contribution in [-0.4, -0.2) is 38.4 Å². The minimum absolute atomic E-state index is 0.0281. The van der Waals surface area contributed by atoms with Crippen molar-refractivity contribution in [1.82, 2.24) is 14.5 Å². The molecule has 320 valence electrons. The molecule has 58 heavy (non-hydrogen) atoms. The van der Waals surface area contributed by atoms with Crippen molar-refractivity contribution in [3.63, 3.8) is 0 Å². The molecule has 11 heteroatoms. The van der Waals surface area contributed by atoms with Crippen molar-refractivity contribution < 1.29 is 19.1 Å². The lowest BCUT2D eigenvalue weighted by Crippen LogP contribution is -2.54. The fourth-order valence-electron chi connectivity index (χ4n) is 12.4. The maximum absolute atomic E-state index is 13.2. The lowest BCUT2D eigenvalue weighted by molar-refractivity contribution is -0.163. The number of rotatable bonds is 19. The number of nitrogens with zero attached hydrogens (tertiary/aromatic N) is 2. The van der Waals surface area contributed by atoms with E-state index in [-0.39, 0.29) is 35.3 Å². The third-order valence-electron chi connectivity index (χ3n) is 15.5. The largest absolute Gasteiger partial charge is 0.461 e. The summed E-state index contributed by atoms with van der Waals surface area (Å²) >= 11 is 0. The van der Waals surface area contributed by atoms with Gasteiger partial charge in [-0.3, -0.25) is 28.7 Å². The number of anilines is 2. The molecule has 2 amide bonds. The van der Waals surface area contributed by atoms with Crippen molar-refractivity contribution >= 4 is 29.4 Å². The Morgan fingerprint density at radius 1 is 0.828 bits per heavy atom. The van der Waals surface area contributed by atoms with Crippen LogP contribution in [0.4, 0.5) is 11.6 Å². The normalized spacial score (nSPS) is 29.4. The molecule has 2 aromatic heterocycles. The number of esters is 1. The second kappa shape index (κ2) is 20.0. The van der Waals surface area contributed by atoms with Gasteiger partial charge >= 0.3 is 11.7 Å². The van der Waals surface area contributed by atoms with Gasteiger partial charge in [-0.2, -0.15) is 0 Å². The van der Waals surface area contributed by atoms with Gasteiger partial charge in [-0.1, -0.05) is 85.1 Å². The minimum Gasteiger partial charge on any atom is -0.461 e. The molecule has 0 radical (unpaired) electrons. The van der Waals surface area contributed by atoms with Gasteiger partial charge in [0.05, 0.1) is 0 Å². The predicted molar refractivity (Wildman–Crippen MR) is 228 cm³/mol. The van der Waals surface area contributed by atoms with E-state index in [1.54, 1.807) is 12.1 Å². The van der Waals surface area contributed by atoms with Crippen molar-refractivity contribution in [3.8, 4) is 0 Å². The summed E-state index contributed by atoms with van der Waals surface area (Å²) in [5, 5.41) is 5.91. The molecule has 0 spiro atoms. The van der Waals surface area contributed by atoms with E-state index in [9.17, 15) is 24.0 Å². The van der Waals surface area contributed by atoms with Crippen LogP contribution in [-0.2, 0) is 25.7 Å². The standard InChI is InChI=1S/C47H71N5O6/c1-5-6-7-8-9-10-11-12-13-17-41(53)49-39-15-14-16-40(48-39)50-42(54)23-18-32(2)36-21-22-37-35-20-19-33-30-34(24-27-46(33,3)38(35)25-28-47(36,37)4)58-44(56)31-52-29-26-43(55)51-45(52)57/h14-16,26,29,32-38H,5-13,17-25,27-28,30-31H2,1-4H3,(H,51,55,57)(H2,48,49,50,53,54)/t32-,33-,34-,35+,36-,37+,38+,46+,47-/m1/s1. The summed E-state index contributed by atoms with van der Waals surface area (Å²) in [5.41, 5.74) is -0.558. The van der Waals surface area contributed by atoms with Crippen LogP contribution in [0.25, 0.3) is 0 Å². The van der Waals surface area contributed by atoms with E-state index in [2.05, 4.69) is 48.3 Å². The minimum atomic E-state index is -0.602. The summed E-state index contributed by atoms with van der Waals surface area (Å²) < 4.78 is 7.11. The molecule has 11 nitrogen and oxygen atoms in total. The van der Waals surface area contributed by atoms with Crippen molar-refractivity contribution in [3.05, 3.63) is 51.3 Å². The van der Waals surface area contributed by atoms with Crippen molar-refractivity contribution in [2.24, 2.45) is 46.3 Å². The lowest BCUT2D eigenvalue weighted by atomic mass is 9.44. The highest BCUT2D eigenvalue weighted by molar-refractivity contribution is 5.91. The molecule has 3 N–H and O–H groups in total. The number of H-pyrrole nitrogens is 1. The second-order valence-corrected chi connectivity index (χ2v) is 19.1. The number of carbonyl (C=O) groups excluding carboxylic acids is 3. The number of aromatic nitrogens is 3. The number of unbranched alkanes of at least 4 members (excludes halogenated alkanes) is 8. The first kappa shape index (κ1) is 43.8. The molecule has 0 aromatic carbocycles. The molecular formula is C47H71N5O6. The van der Waals surface area contributed by atoms with E-state index in [0.717, 1.165) is 50.9 Å². The molecule has 9 atom stereocenters. The SMILES string of the molecule is CCCCCCCCCCCC(=O)Nc1cccc(NC(=O)CC[C@@H](C)[C@H]2CC[C@H]3[C@@H]4CC[C@@H]5C[C@H](OC(=O)Cn6ccc(=O)[nH]c6=O)CC[C@]5(C)[C@H]4CC[C@]23C)n1. The van der Waals surface area contributed by atoms with E-state index < -0.39 is 17.2 Å². The van der Waals surface area contributed by atoms with Gasteiger partial charge in [-0.15, -0.1) is 0 Å². The van der Waals surface area contributed by atoms with Crippen molar-refractivity contribution in [2.75, 3.05) is 10.6 Å². The first-order chi connectivity index (χ1) is 27.9. The van der Waals surface area contributed by atoms with E-state index in [1.807, 2.05) is 6.07 Å². The van der Waals surface area contributed by atoms with Gasteiger partial charge in [0.25, 0.3) is 5.56 Å². The third-order valence-corrected chi connectivity index (χ3v) is 15.5. The smallest absolute Gasteiger partial charge is 0.328 e. The van der Waals surface area contributed by atoms with Crippen LogP contribution in [0.5, 0.6) is 0 Å². The molecule has 4 saturated carbocycles. The first-order valence-electron chi connectivity index (χ1n) is 23.0. The van der Waals surface area contributed by atoms with E-state index in [4.69, 9.17) is 4.74 Å². The number of hydrogen-bond acceptors (Lipinski definition) is 7. The van der Waals surface area contributed by atoms with Crippen LogP contribution < -0.4 is 21.9 Å². The molecule has 6 rings (SSSR count). The highest BCUT2D eigenvalue weighted by Crippen LogP contribution is 2.68. The number of fused-ring (bicyclic) bond motifs is 5. The molecule has 4 aliphatic carbocycles. The highest BCUT2D eigenvalue weighted by Gasteiger charge is 2.60. The fraction of sp³-hybridized carbons (Fsp3) is 0.745. The Kier molecular flexibility index (Phi) is 15.1. The Balaban J connectivity index is 0.927. The van der Waals surface area contributed by atoms with Crippen LogP contribution in [0.3, 0.4) is 0 Å². The zero-order valence-corrected chi connectivity index (χ0v) is 35.8. The average Bonchev–Trinajstić information content (AvgIpc) is 3.55. The van der Waals surface area contributed by atoms with Gasteiger partial charge in [-0.05, 0) is 129 Å². The number of carbonyl (C=O) groups is 3. The first-order valence-corrected chi connectivity index (χ1v) is 23.0. The Labute approximate surface area is 345 Å². The third kappa shape index (κ3) is 10.7. The Morgan fingerprint density at radius 2 is 1.48 bits per heavy atom. The molecule has 2 aromatic rings. The summed E-state index contributed by atoms with van der Waals surface area (Å²) in [6, 6.07) is 6.63. The van der Waals surface area contributed by atoms with Crippen molar-refractivity contribution in [2.45, 2.75) is 175 Å². The van der Waals surface area contributed by atoms with Crippen molar-refractivity contribution in [1.29, 1.82) is 0 Å². The number of ether oxygens (including phenoxy) is 1. The van der Waals surface area contributed by atoms with Gasteiger partial charge < -0.3 is 15.4 Å². The number of hydrogen-bond donors (Lipinski definition) is 3. The average molecular weight is 802 g/mol. The second-order valence-electron chi connectivity index (χ2n) is 19.1. The Bertz CT molecular complexity index is 1820. The molecule has 2 heterocycles. The molecule has 0 aliphatic heterocycles. The molecular weight excluding hydrogens is 731 g/mol. The summed E-state index contributed by atoms with van der Waals surface area (Å²) in [7, 11) is 0. The number of aromatic amines is 1. The number of pyridine rings is 1. The predicted octanol–water partition coefficient (Wildman–Crippen LogP) is 9.42. The maximum atomic E-state index is 13.2. The van der Waals surface area contributed by atoms with Crippen LogP contribution in [0.2, 0.25) is 0 Å². The summed E-state index contributed by atoms with van der Waals surface area (Å²) in [4.78, 5) is 68.8. The highest BCUT2D eigenvalue weighted by atomic mass is 16.5. The summed E-state index contributed by atoms with van der Waals surface area (Å²) in [5.74, 6) is 4.14. The topological polar surface area (TPSA) is 152 Å². The van der Waals surface area contributed by atoms with Gasteiger partial charge in [0.2, 0.25) is 11.8 Å². The van der Waals surface area contributed by atoms with Crippen LogP contribution in [0, 0.1) is 46.3 Å². The zero-order chi connectivity index (χ0) is 41.3. The quantitative estimate of drug-likeness (QED) is 0.0946. The monoisotopic (exact) mass is 802 g/mol. The van der Waals surface area contributed by atoms with Crippen LogP contribution in [0.1, 0.15) is 163 Å². The molecule has 0 unspecified atom stereocenters. The van der Waals surface area contributed by atoms with E-state index >= 15 is 0 Å². The van der Waals surface area contributed by atoms with E-state index in [1.165, 1.54) is 93.9 Å². The van der Waals surface area contributed by atoms with Gasteiger partial charge in [0.1, 0.15) is 24.3 Å². The fourth-order valence-corrected chi connectivity index (χ4v) is 12.4. The number of nitrogens with one attached hydrogen (secondary N) is 3. The lowest BCUT2D eigenvalue weighted by Gasteiger charge is -2.61. The van der Waals surface area contributed by atoms with Gasteiger partial charge in [0, 0.05) is 25.1 Å².